The highest BCUT2D eigenvalue weighted by atomic mass is 35.5. The van der Waals surface area contributed by atoms with E-state index < -0.39 is 0 Å². The van der Waals surface area contributed by atoms with Crippen LogP contribution in [0, 0.1) is 5.82 Å². The molecule has 0 saturated heterocycles. The quantitative estimate of drug-likeness (QED) is 0.452. The minimum atomic E-state index is -0.341. The van der Waals surface area contributed by atoms with Gasteiger partial charge in [-0.2, -0.15) is 0 Å². The number of halogens is 2. The largest absolute Gasteiger partial charge is 0.496 e. The normalized spacial score (nSPS) is 14.3. The second-order valence-corrected chi connectivity index (χ2v) is 8.66. The number of hydrogen-bond acceptors (Lipinski definition) is 3. The molecule has 1 aliphatic rings. The van der Waals surface area contributed by atoms with Gasteiger partial charge in [-0.15, -0.1) is 0 Å². The summed E-state index contributed by atoms with van der Waals surface area (Å²) >= 11 is 6.31. The fourth-order valence-corrected chi connectivity index (χ4v) is 4.39. The van der Waals surface area contributed by atoms with E-state index >= 15 is 0 Å². The van der Waals surface area contributed by atoms with Gasteiger partial charge in [-0.3, -0.25) is 0 Å². The lowest BCUT2D eigenvalue weighted by atomic mass is 9.85. The van der Waals surface area contributed by atoms with E-state index in [-0.39, 0.29) is 11.4 Å². The maximum atomic E-state index is 13.8. The average Bonchev–Trinajstić information content (AvgIpc) is 2.72. The molecule has 1 N–H and O–H groups in total. The maximum absolute atomic E-state index is 13.8. The zero-order chi connectivity index (χ0) is 22.2. The first-order valence-electron chi connectivity index (χ1n) is 10.1. The number of anilines is 1. The van der Waals surface area contributed by atoms with Crippen molar-refractivity contribution in [3.05, 3.63) is 82.6 Å². The van der Waals surface area contributed by atoms with Gasteiger partial charge >= 0.3 is 0 Å². The molecule has 0 aliphatic carbocycles. The Bertz CT molecular complexity index is 1170. The summed E-state index contributed by atoms with van der Waals surface area (Å²) in [5.41, 5.74) is 5.83. The van der Waals surface area contributed by atoms with E-state index in [0.29, 0.717) is 23.1 Å². The molecule has 0 spiro atoms. The van der Waals surface area contributed by atoms with Gasteiger partial charge in [0.15, 0.2) is 0 Å². The molecule has 0 saturated carbocycles. The standard InChI is InChI=1S/C26H25ClFNO2/c1-16-14-26(2,3)29-22-12-11-18(19-10-9-17(28)13-24(19)30-4)20(25(16)22)15-31-23-8-6-5-7-21(23)27/h5-14,29H,15H2,1-4H3. The zero-order valence-corrected chi connectivity index (χ0v) is 18.8. The first kappa shape index (κ1) is 21.3. The highest BCUT2D eigenvalue weighted by molar-refractivity contribution is 6.32. The fraction of sp³-hybridized carbons (Fsp3) is 0.231. The number of fused-ring (bicyclic) bond motifs is 1. The third-order valence-corrected chi connectivity index (χ3v) is 5.72. The Morgan fingerprint density at radius 3 is 2.48 bits per heavy atom. The Hall–Kier alpha value is -2.98. The van der Waals surface area contributed by atoms with E-state index in [1.54, 1.807) is 19.2 Å². The molecule has 1 heterocycles. The summed E-state index contributed by atoms with van der Waals surface area (Å²) in [6, 6.07) is 16.1. The van der Waals surface area contributed by atoms with Gasteiger partial charge < -0.3 is 14.8 Å². The number of hydrogen-bond donors (Lipinski definition) is 1. The minimum Gasteiger partial charge on any atom is -0.496 e. The lowest BCUT2D eigenvalue weighted by Crippen LogP contribution is -2.32. The maximum Gasteiger partial charge on any atom is 0.138 e. The number of benzene rings is 3. The first-order valence-corrected chi connectivity index (χ1v) is 10.5. The number of rotatable bonds is 5. The van der Waals surface area contributed by atoms with Crippen LogP contribution in [0.2, 0.25) is 5.02 Å². The lowest BCUT2D eigenvalue weighted by molar-refractivity contribution is 0.306. The van der Waals surface area contributed by atoms with Crippen molar-refractivity contribution in [3.8, 4) is 22.6 Å². The minimum absolute atomic E-state index is 0.160. The number of nitrogens with one attached hydrogen (secondary N) is 1. The Kier molecular flexibility index (Phi) is 5.67. The third kappa shape index (κ3) is 4.26. The van der Waals surface area contributed by atoms with Gasteiger partial charge in [0.05, 0.1) is 17.7 Å². The number of para-hydroxylation sites is 1. The summed E-state index contributed by atoms with van der Waals surface area (Å²) in [5.74, 6) is 0.751. The van der Waals surface area contributed by atoms with Crippen LogP contribution < -0.4 is 14.8 Å². The summed E-state index contributed by atoms with van der Waals surface area (Å²) in [6.45, 7) is 6.68. The van der Waals surface area contributed by atoms with Gasteiger partial charge in [-0.25, -0.2) is 4.39 Å². The third-order valence-electron chi connectivity index (χ3n) is 5.40. The topological polar surface area (TPSA) is 30.5 Å². The van der Waals surface area contributed by atoms with Crippen LogP contribution in [0.25, 0.3) is 16.7 Å². The summed E-state index contributed by atoms with van der Waals surface area (Å²) in [4.78, 5) is 0. The summed E-state index contributed by atoms with van der Waals surface area (Å²) < 4.78 is 25.5. The van der Waals surface area contributed by atoms with Crippen molar-refractivity contribution < 1.29 is 13.9 Å². The van der Waals surface area contributed by atoms with E-state index in [1.165, 1.54) is 12.1 Å². The van der Waals surface area contributed by atoms with Crippen LogP contribution in [0.4, 0.5) is 10.1 Å². The van der Waals surface area contributed by atoms with Crippen molar-refractivity contribution >= 4 is 22.9 Å². The second kappa shape index (κ2) is 8.27. The van der Waals surface area contributed by atoms with E-state index in [1.807, 2.05) is 24.3 Å². The lowest BCUT2D eigenvalue weighted by Gasteiger charge is -2.33. The van der Waals surface area contributed by atoms with Crippen LogP contribution in [-0.4, -0.2) is 12.6 Å². The highest BCUT2D eigenvalue weighted by Gasteiger charge is 2.27. The smallest absolute Gasteiger partial charge is 0.138 e. The van der Waals surface area contributed by atoms with Crippen LogP contribution in [0.3, 0.4) is 0 Å². The van der Waals surface area contributed by atoms with Crippen molar-refractivity contribution in [1.29, 1.82) is 0 Å². The highest BCUT2D eigenvalue weighted by Crippen LogP contribution is 2.43. The molecule has 0 atom stereocenters. The van der Waals surface area contributed by atoms with Gasteiger partial charge in [-0.05, 0) is 62.2 Å². The molecule has 0 aromatic heterocycles. The first-order chi connectivity index (χ1) is 14.8. The Morgan fingerprint density at radius 2 is 1.74 bits per heavy atom. The molecule has 0 bridgehead atoms. The predicted octanol–water partition coefficient (Wildman–Crippen LogP) is 7.34. The summed E-state index contributed by atoms with van der Waals surface area (Å²) in [5, 5.41) is 4.14. The predicted molar refractivity (Wildman–Crippen MR) is 126 cm³/mol. The van der Waals surface area contributed by atoms with Crippen molar-refractivity contribution in [2.45, 2.75) is 32.9 Å². The molecular formula is C26H25ClFNO2. The van der Waals surface area contributed by atoms with Crippen molar-refractivity contribution in [3.63, 3.8) is 0 Å². The number of allylic oxidation sites excluding steroid dienone is 1. The molecule has 3 nitrogen and oxygen atoms in total. The van der Waals surface area contributed by atoms with Crippen molar-refractivity contribution in [1.82, 2.24) is 0 Å². The molecule has 3 aromatic carbocycles. The summed E-state index contributed by atoms with van der Waals surface area (Å²) in [6.07, 6.45) is 2.21. The Labute approximate surface area is 187 Å². The Morgan fingerprint density at radius 1 is 1.00 bits per heavy atom. The monoisotopic (exact) mass is 437 g/mol. The number of methoxy groups -OCH3 is 1. The second-order valence-electron chi connectivity index (χ2n) is 8.25. The van der Waals surface area contributed by atoms with E-state index in [2.05, 4.69) is 38.2 Å². The van der Waals surface area contributed by atoms with Gasteiger partial charge in [-0.1, -0.05) is 35.9 Å². The van der Waals surface area contributed by atoms with Crippen LogP contribution in [0.5, 0.6) is 11.5 Å². The molecule has 4 rings (SSSR count). The van der Waals surface area contributed by atoms with E-state index in [0.717, 1.165) is 33.5 Å². The fourth-order valence-electron chi connectivity index (χ4n) is 4.20. The molecule has 160 valence electrons. The molecule has 0 amide bonds. The van der Waals surface area contributed by atoms with E-state index in [4.69, 9.17) is 21.1 Å². The SMILES string of the molecule is COc1cc(F)ccc1-c1ccc2c(c1COc1ccccc1Cl)C(C)=CC(C)(C)N2. The molecule has 3 aromatic rings. The van der Waals surface area contributed by atoms with Crippen LogP contribution in [0.15, 0.2) is 60.7 Å². The molecule has 0 radical (unpaired) electrons. The molecule has 0 unspecified atom stereocenters. The van der Waals surface area contributed by atoms with Crippen LogP contribution in [0.1, 0.15) is 31.9 Å². The molecule has 0 fully saturated rings. The van der Waals surface area contributed by atoms with Gasteiger partial charge in [0, 0.05) is 28.4 Å². The van der Waals surface area contributed by atoms with Gasteiger partial charge in [0.25, 0.3) is 0 Å². The van der Waals surface area contributed by atoms with Crippen LogP contribution in [-0.2, 0) is 6.61 Å². The zero-order valence-electron chi connectivity index (χ0n) is 18.1. The average molecular weight is 438 g/mol. The van der Waals surface area contributed by atoms with Gasteiger partial charge in [0.1, 0.15) is 23.9 Å². The van der Waals surface area contributed by atoms with Crippen molar-refractivity contribution in [2.24, 2.45) is 0 Å². The van der Waals surface area contributed by atoms with Crippen LogP contribution >= 0.6 is 11.6 Å². The summed E-state index contributed by atoms with van der Waals surface area (Å²) in [7, 11) is 1.55. The van der Waals surface area contributed by atoms with E-state index in [9.17, 15) is 4.39 Å². The molecule has 1 aliphatic heterocycles. The van der Waals surface area contributed by atoms with Gasteiger partial charge in [0.2, 0.25) is 0 Å². The molecule has 31 heavy (non-hydrogen) atoms. The molecule has 5 heteroatoms. The van der Waals surface area contributed by atoms with Crippen molar-refractivity contribution in [2.75, 3.05) is 12.4 Å². The number of ether oxygens (including phenoxy) is 2. The molecular weight excluding hydrogens is 413 g/mol. The Balaban J connectivity index is 1.88.